The molecule has 2 heterocycles. The number of pyridine rings is 1. The van der Waals surface area contributed by atoms with Crippen LogP contribution in [0, 0.1) is 5.41 Å². The zero-order chi connectivity index (χ0) is 22.3. The predicted octanol–water partition coefficient (Wildman–Crippen LogP) is 4.83. The van der Waals surface area contributed by atoms with E-state index in [1.54, 1.807) is 13.3 Å². The van der Waals surface area contributed by atoms with Crippen LogP contribution in [0.4, 0.5) is 0 Å². The van der Waals surface area contributed by atoms with E-state index in [9.17, 15) is 9.59 Å². The second-order valence-corrected chi connectivity index (χ2v) is 9.39. The normalized spacial score (nSPS) is 20.5. The van der Waals surface area contributed by atoms with Crippen LogP contribution in [0.25, 0.3) is 11.3 Å². The molecule has 0 N–H and O–H groups in total. The average Bonchev–Trinajstić information content (AvgIpc) is 3.06. The first kappa shape index (κ1) is 21.9. The highest BCUT2D eigenvalue weighted by molar-refractivity contribution is 6.32. The molecule has 0 bridgehead atoms. The van der Waals surface area contributed by atoms with E-state index in [0.717, 1.165) is 36.1 Å². The van der Waals surface area contributed by atoms with Gasteiger partial charge in [-0.05, 0) is 36.0 Å². The number of hydrogen-bond acceptors (Lipinski definition) is 5. The van der Waals surface area contributed by atoms with Crippen molar-refractivity contribution in [3.8, 4) is 17.0 Å². The maximum Gasteiger partial charge on any atom is 0.343 e. The fourth-order valence-corrected chi connectivity index (χ4v) is 5.34. The van der Waals surface area contributed by atoms with E-state index >= 15 is 0 Å². The van der Waals surface area contributed by atoms with Crippen molar-refractivity contribution in [3.05, 3.63) is 50.8 Å². The molecule has 2 aliphatic rings. The highest BCUT2D eigenvalue weighted by atomic mass is 35.5. The Morgan fingerprint density at radius 1 is 1.23 bits per heavy atom. The average molecular weight is 446 g/mol. The molecule has 1 saturated carbocycles. The molecule has 0 saturated heterocycles. The maximum atomic E-state index is 12.7. The van der Waals surface area contributed by atoms with Gasteiger partial charge in [-0.2, -0.15) is 0 Å². The number of ether oxygens (including phenoxy) is 3. The second-order valence-electron chi connectivity index (χ2n) is 8.98. The third-order valence-electron chi connectivity index (χ3n) is 6.60. The fraction of sp³-hybridized carbons (Fsp3) is 0.500. The lowest BCUT2D eigenvalue weighted by atomic mass is 9.77. The van der Waals surface area contributed by atoms with Crippen LogP contribution in [-0.2, 0) is 9.47 Å². The molecule has 0 spiro atoms. The molecule has 31 heavy (non-hydrogen) atoms. The molecule has 1 aromatic carbocycles. The first-order valence-electron chi connectivity index (χ1n) is 10.6. The SMILES string of the molecule is COCCCOc1cc2c(cc1Cl)-c1cc(=O)c(C(=O)OC)cn1[C@@H]1[C@H]2CCC1(C)C. The first-order valence-corrected chi connectivity index (χ1v) is 11.0. The standard InChI is InChI=1S/C24H28ClNO5/c1-24(2)7-6-14-15-11-21(31-9-5-8-29-3)18(25)10-16(15)19-12-20(27)17(23(28)30-4)13-26(19)22(14)24/h10-14,22H,5-9H2,1-4H3/t14-,22+/m0/s1. The molecule has 0 amide bonds. The number of carbonyl (C=O) groups is 1. The molecule has 4 rings (SSSR count). The number of aromatic nitrogens is 1. The maximum absolute atomic E-state index is 12.7. The van der Waals surface area contributed by atoms with Gasteiger partial charge in [0.05, 0.1) is 24.4 Å². The lowest BCUT2D eigenvalue weighted by Crippen LogP contribution is -2.32. The highest BCUT2D eigenvalue weighted by Crippen LogP contribution is 2.59. The number of benzene rings is 1. The number of rotatable bonds is 6. The lowest BCUT2D eigenvalue weighted by Gasteiger charge is -2.40. The van der Waals surface area contributed by atoms with E-state index in [2.05, 4.69) is 18.4 Å². The Balaban J connectivity index is 1.86. The summed E-state index contributed by atoms with van der Waals surface area (Å²) in [5, 5.41) is 0.503. The Hall–Kier alpha value is -2.31. The molecule has 2 aromatic rings. The summed E-state index contributed by atoms with van der Waals surface area (Å²) in [6.45, 7) is 5.62. The molecule has 0 radical (unpaired) electrons. The van der Waals surface area contributed by atoms with E-state index in [4.69, 9.17) is 25.8 Å². The van der Waals surface area contributed by atoms with Gasteiger partial charge in [-0.15, -0.1) is 0 Å². The third kappa shape index (κ3) is 3.76. The van der Waals surface area contributed by atoms with E-state index in [-0.39, 0.29) is 28.4 Å². The van der Waals surface area contributed by atoms with Crippen LogP contribution in [0.2, 0.25) is 5.02 Å². The zero-order valence-electron chi connectivity index (χ0n) is 18.4. The van der Waals surface area contributed by atoms with Crippen molar-refractivity contribution in [1.29, 1.82) is 0 Å². The summed E-state index contributed by atoms with van der Waals surface area (Å²) in [6, 6.07) is 5.56. The molecule has 0 unspecified atom stereocenters. The first-order chi connectivity index (χ1) is 14.8. The Morgan fingerprint density at radius 2 is 2.00 bits per heavy atom. The van der Waals surface area contributed by atoms with E-state index < -0.39 is 5.97 Å². The van der Waals surface area contributed by atoms with Gasteiger partial charge in [0.1, 0.15) is 11.3 Å². The molecule has 7 heteroatoms. The molecule has 1 aliphatic heterocycles. The van der Waals surface area contributed by atoms with Crippen molar-refractivity contribution < 1.29 is 19.0 Å². The van der Waals surface area contributed by atoms with Gasteiger partial charge in [0.15, 0.2) is 5.43 Å². The van der Waals surface area contributed by atoms with Gasteiger partial charge in [-0.25, -0.2) is 4.79 Å². The number of nitrogens with zero attached hydrogens (tertiary/aromatic N) is 1. The molecular formula is C24H28ClNO5. The minimum absolute atomic E-state index is 0.00130. The topological polar surface area (TPSA) is 66.8 Å². The summed E-state index contributed by atoms with van der Waals surface area (Å²) in [6.07, 6.45) is 4.49. The van der Waals surface area contributed by atoms with Crippen LogP contribution in [0.15, 0.2) is 29.2 Å². The lowest BCUT2D eigenvalue weighted by molar-refractivity contribution is 0.0597. The largest absolute Gasteiger partial charge is 0.492 e. The van der Waals surface area contributed by atoms with Crippen LogP contribution in [0.5, 0.6) is 5.75 Å². The minimum Gasteiger partial charge on any atom is -0.492 e. The van der Waals surface area contributed by atoms with Crippen molar-refractivity contribution in [1.82, 2.24) is 4.57 Å². The van der Waals surface area contributed by atoms with Crippen molar-refractivity contribution in [3.63, 3.8) is 0 Å². The van der Waals surface area contributed by atoms with Gasteiger partial charge in [-0.3, -0.25) is 4.79 Å². The van der Waals surface area contributed by atoms with Gasteiger partial charge in [0.25, 0.3) is 0 Å². The van der Waals surface area contributed by atoms with E-state index in [0.29, 0.717) is 24.0 Å². The van der Waals surface area contributed by atoms with Crippen molar-refractivity contribution in [2.24, 2.45) is 5.41 Å². The van der Waals surface area contributed by atoms with Crippen molar-refractivity contribution in [2.75, 3.05) is 27.4 Å². The molecular weight excluding hydrogens is 418 g/mol. The minimum atomic E-state index is -0.615. The number of fused-ring (bicyclic) bond motifs is 6. The monoisotopic (exact) mass is 445 g/mol. The number of carbonyl (C=O) groups excluding carboxylic acids is 1. The zero-order valence-corrected chi connectivity index (χ0v) is 19.1. The Bertz CT molecular complexity index is 1070. The van der Waals surface area contributed by atoms with Crippen LogP contribution in [0.3, 0.4) is 0 Å². The molecule has 2 atom stereocenters. The Kier molecular flexibility index (Phi) is 5.88. The molecule has 1 fully saturated rings. The Labute approximate surface area is 187 Å². The van der Waals surface area contributed by atoms with Crippen LogP contribution in [-0.4, -0.2) is 38.0 Å². The molecule has 1 aromatic heterocycles. The number of halogens is 1. The van der Waals surface area contributed by atoms with Gasteiger partial charge in [0, 0.05) is 49.9 Å². The van der Waals surface area contributed by atoms with Gasteiger partial charge >= 0.3 is 5.97 Å². The third-order valence-corrected chi connectivity index (χ3v) is 6.89. The summed E-state index contributed by atoms with van der Waals surface area (Å²) in [5.74, 6) is 0.280. The number of hydrogen-bond donors (Lipinski definition) is 0. The summed E-state index contributed by atoms with van der Waals surface area (Å²) >= 11 is 6.57. The van der Waals surface area contributed by atoms with Crippen LogP contribution < -0.4 is 10.2 Å². The van der Waals surface area contributed by atoms with E-state index in [1.807, 2.05) is 12.1 Å². The summed E-state index contributed by atoms with van der Waals surface area (Å²) in [5.41, 5.74) is 2.54. The van der Waals surface area contributed by atoms with Gasteiger partial charge in [-0.1, -0.05) is 25.4 Å². The number of esters is 1. The molecule has 6 nitrogen and oxygen atoms in total. The Morgan fingerprint density at radius 3 is 2.71 bits per heavy atom. The summed E-state index contributed by atoms with van der Waals surface area (Å²) in [4.78, 5) is 24.9. The smallest absolute Gasteiger partial charge is 0.343 e. The van der Waals surface area contributed by atoms with E-state index in [1.165, 1.54) is 13.2 Å². The quantitative estimate of drug-likeness (QED) is 0.470. The second kappa shape index (κ2) is 8.32. The van der Waals surface area contributed by atoms with Gasteiger partial charge < -0.3 is 18.8 Å². The van der Waals surface area contributed by atoms with Crippen LogP contribution in [0.1, 0.15) is 61.0 Å². The van der Waals surface area contributed by atoms with Crippen LogP contribution >= 0.6 is 11.6 Å². The molecule has 1 aliphatic carbocycles. The molecule has 166 valence electrons. The highest BCUT2D eigenvalue weighted by Gasteiger charge is 2.47. The summed E-state index contributed by atoms with van der Waals surface area (Å²) < 4.78 is 17.9. The fourth-order valence-electron chi connectivity index (χ4n) is 5.13. The summed E-state index contributed by atoms with van der Waals surface area (Å²) in [7, 11) is 2.95. The van der Waals surface area contributed by atoms with Crippen molar-refractivity contribution >= 4 is 17.6 Å². The number of methoxy groups -OCH3 is 2. The van der Waals surface area contributed by atoms with Gasteiger partial charge in [0.2, 0.25) is 0 Å². The van der Waals surface area contributed by atoms with Crippen molar-refractivity contribution in [2.45, 2.75) is 45.1 Å². The predicted molar refractivity (Wildman–Crippen MR) is 119 cm³/mol.